The number of alkyl halides is 2. The standard InChI is InChI=1S/C10H20F2N2O/c1-14-4-2-3-8(7-14)5-13-6-9(15)10(11)12/h8-10,13,15H,2-7H2,1H3. The van der Waals surface area contributed by atoms with Gasteiger partial charge in [-0.05, 0) is 38.9 Å². The summed E-state index contributed by atoms with van der Waals surface area (Å²) in [5, 5.41) is 11.8. The number of nitrogens with one attached hydrogen (secondary N) is 1. The van der Waals surface area contributed by atoms with Crippen LogP contribution in [0.4, 0.5) is 8.78 Å². The second kappa shape index (κ2) is 6.35. The van der Waals surface area contributed by atoms with Crippen LogP contribution in [0.2, 0.25) is 0 Å². The van der Waals surface area contributed by atoms with Crippen LogP contribution < -0.4 is 5.32 Å². The molecular formula is C10H20F2N2O. The van der Waals surface area contributed by atoms with Crippen molar-refractivity contribution in [3.05, 3.63) is 0 Å². The van der Waals surface area contributed by atoms with Gasteiger partial charge >= 0.3 is 0 Å². The minimum atomic E-state index is -2.65. The Morgan fingerprint density at radius 3 is 2.87 bits per heavy atom. The molecule has 1 saturated heterocycles. The SMILES string of the molecule is CN1CCCC(CNCC(O)C(F)F)C1. The fourth-order valence-corrected chi connectivity index (χ4v) is 1.96. The van der Waals surface area contributed by atoms with Gasteiger partial charge in [-0.2, -0.15) is 0 Å². The summed E-state index contributed by atoms with van der Waals surface area (Å²) in [5.74, 6) is 0.522. The van der Waals surface area contributed by atoms with Gasteiger partial charge in [-0.15, -0.1) is 0 Å². The van der Waals surface area contributed by atoms with Crippen molar-refractivity contribution in [1.29, 1.82) is 0 Å². The lowest BCUT2D eigenvalue weighted by Gasteiger charge is -2.30. The highest BCUT2D eigenvalue weighted by Crippen LogP contribution is 2.13. The maximum Gasteiger partial charge on any atom is 0.265 e. The summed E-state index contributed by atoms with van der Waals surface area (Å²) in [6.45, 7) is 2.83. The van der Waals surface area contributed by atoms with E-state index in [9.17, 15) is 8.78 Å². The average Bonchev–Trinajstić information content (AvgIpc) is 2.17. The molecule has 1 rings (SSSR count). The lowest BCUT2D eigenvalue weighted by molar-refractivity contribution is -0.00395. The van der Waals surface area contributed by atoms with Gasteiger partial charge in [-0.3, -0.25) is 0 Å². The molecule has 0 aromatic heterocycles. The summed E-state index contributed by atoms with van der Waals surface area (Å²) < 4.78 is 23.9. The number of aliphatic hydroxyl groups is 1. The second-order valence-corrected chi connectivity index (χ2v) is 4.33. The minimum absolute atomic E-state index is 0.0160. The van der Waals surface area contributed by atoms with Crippen molar-refractivity contribution in [3.8, 4) is 0 Å². The Balaban J connectivity index is 2.09. The molecule has 0 amide bonds. The molecule has 0 radical (unpaired) electrons. The summed E-state index contributed by atoms with van der Waals surface area (Å²) in [6.07, 6.45) is -1.87. The maximum absolute atomic E-state index is 12.0. The summed E-state index contributed by atoms with van der Waals surface area (Å²) in [5.41, 5.74) is 0. The van der Waals surface area contributed by atoms with Crippen molar-refractivity contribution in [2.75, 3.05) is 33.2 Å². The zero-order valence-corrected chi connectivity index (χ0v) is 9.13. The van der Waals surface area contributed by atoms with E-state index in [1.165, 1.54) is 6.42 Å². The fraction of sp³-hybridized carbons (Fsp3) is 1.00. The molecule has 1 aliphatic rings. The Kier molecular flexibility index (Phi) is 5.42. The van der Waals surface area contributed by atoms with Crippen molar-refractivity contribution < 1.29 is 13.9 Å². The van der Waals surface area contributed by atoms with Gasteiger partial charge in [-0.1, -0.05) is 0 Å². The van der Waals surface area contributed by atoms with Crippen LogP contribution in [0.3, 0.4) is 0 Å². The Labute approximate surface area is 89.5 Å². The molecule has 3 nitrogen and oxygen atoms in total. The number of halogens is 2. The summed E-state index contributed by atoms with van der Waals surface area (Å²) in [7, 11) is 2.07. The molecule has 1 heterocycles. The highest BCUT2D eigenvalue weighted by molar-refractivity contribution is 4.73. The minimum Gasteiger partial charge on any atom is -0.386 e. The monoisotopic (exact) mass is 222 g/mol. The first-order valence-electron chi connectivity index (χ1n) is 5.45. The molecule has 2 N–H and O–H groups in total. The van der Waals surface area contributed by atoms with Crippen LogP contribution in [-0.2, 0) is 0 Å². The topological polar surface area (TPSA) is 35.5 Å². The molecule has 0 saturated carbocycles. The highest BCUT2D eigenvalue weighted by atomic mass is 19.3. The van der Waals surface area contributed by atoms with Gasteiger partial charge in [0, 0.05) is 13.1 Å². The smallest absolute Gasteiger partial charge is 0.265 e. The van der Waals surface area contributed by atoms with Crippen molar-refractivity contribution in [1.82, 2.24) is 10.2 Å². The van der Waals surface area contributed by atoms with Gasteiger partial charge in [0.25, 0.3) is 6.43 Å². The normalized spacial score (nSPS) is 25.8. The molecule has 90 valence electrons. The van der Waals surface area contributed by atoms with Crippen molar-refractivity contribution >= 4 is 0 Å². The third-order valence-electron chi connectivity index (χ3n) is 2.80. The van der Waals surface area contributed by atoms with E-state index in [0.29, 0.717) is 12.5 Å². The molecule has 15 heavy (non-hydrogen) atoms. The average molecular weight is 222 g/mol. The van der Waals surface area contributed by atoms with E-state index in [0.717, 1.165) is 19.5 Å². The van der Waals surface area contributed by atoms with Crippen LogP contribution in [0, 0.1) is 5.92 Å². The molecule has 5 heteroatoms. The quantitative estimate of drug-likeness (QED) is 0.713. The van der Waals surface area contributed by atoms with E-state index < -0.39 is 12.5 Å². The van der Waals surface area contributed by atoms with Crippen LogP contribution in [-0.4, -0.2) is 55.8 Å². The third-order valence-corrected chi connectivity index (χ3v) is 2.80. The van der Waals surface area contributed by atoms with Crippen LogP contribution in [0.5, 0.6) is 0 Å². The van der Waals surface area contributed by atoms with E-state index in [1.807, 2.05) is 0 Å². The van der Waals surface area contributed by atoms with Gasteiger partial charge in [-0.25, -0.2) is 8.78 Å². The van der Waals surface area contributed by atoms with Gasteiger partial charge < -0.3 is 15.3 Å². The van der Waals surface area contributed by atoms with E-state index in [4.69, 9.17) is 5.11 Å². The van der Waals surface area contributed by atoms with E-state index in [-0.39, 0.29) is 6.54 Å². The van der Waals surface area contributed by atoms with Crippen LogP contribution in [0.15, 0.2) is 0 Å². The molecule has 0 aliphatic carbocycles. The van der Waals surface area contributed by atoms with Gasteiger partial charge in [0.1, 0.15) is 6.10 Å². The number of piperidine rings is 1. The molecule has 1 aliphatic heterocycles. The van der Waals surface area contributed by atoms with Gasteiger partial charge in [0.15, 0.2) is 0 Å². The number of hydrogen-bond acceptors (Lipinski definition) is 3. The summed E-state index contributed by atoms with van der Waals surface area (Å²) in [6, 6.07) is 0. The van der Waals surface area contributed by atoms with Gasteiger partial charge in [0.05, 0.1) is 0 Å². The Hall–Kier alpha value is -0.260. The number of likely N-dealkylation sites (tertiary alicyclic amines) is 1. The first-order valence-corrected chi connectivity index (χ1v) is 5.45. The molecule has 2 atom stereocenters. The number of hydrogen-bond donors (Lipinski definition) is 2. The predicted molar refractivity (Wildman–Crippen MR) is 55.1 cm³/mol. The largest absolute Gasteiger partial charge is 0.386 e. The third kappa shape index (κ3) is 4.86. The fourth-order valence-electron chi connectivity index (χ4n) is 1.96. The van der Waals surface area contributed by atoms with Crippen molar-refractivity contribution in [2.24, 2.45) is 5.92 Å². The zero-order chi connectivity index (χ0) is 11.3. The van der Waals surface area contributed by atoms with E-state index >= 15 is 0 Å². The van der Waals surface area contributed by atoms with Crippen molar-refractivity contribution in [2.45, 2.75) is 25.4 Å². The molecular weight excluding hydrogens is 202 g/mol. The highest BCUT2D eigenvalue weighted by Gasteiger charge is 2.19. The molecule has 0 aromatic carbocycles. The van der Waals surface area contributed by atoms with E-state index in [2.05, 4.69) is 17.3 Å². The van der Waals surface area contributed by atoms with Crippen molar-refractivity contribution in [3.63, 3.8) is 0 Å². The number of aliphatic hydroxyl groups excluding tert-OH is 1. The first-order chi connectivity index (χ1) is 7.09. The molecule has 0 spiro atoms. The molecule has 2 unspecified atom stereocenters. The lowest BCUT2D eigenvalue weighted by atomic mass is 9.98. The van der Waals surface area contributed by atoms with E-state index in [1.54, 1.807) is 0 Å². The predicted octanol–water partition coefficient (Wildman–Crippen LogP) is 0.544. The number of nitrogens with zero attached hydrogens (tertiary/aromatic N) is 1. The van der Waals surface area contributed by atoms with Crippen LogP contribution >= 0.6 is 0 Å². The summed E-state index contributed by atoms with van der Waals surface area (Å²) in [4.78, 5) is 2.25. The Morgan fingerprint density at radius 1 is 1.53 bits per heavy atom. The zero-order valence-electron chi connectivity index (χ0n) is 9.13. The summed E-state index contributed by atoms with van der Waals surface area (Å²) >= 11 is 0. The number of rotatable bonds is 5. The maximum atomic E-state index is 12.0. The second-order valence-electron chi connectivity index (χ2n) is 4.33. The first kappa shape index (κ1) is 12.8. The Bertz CT molecular complexity index is 181. The molecule has 0 bridgehead atoms. The van der Waals surface area contributed by atoms with Crippen LogP contribution in [0.25, 0.3) is 0 Å². The lowest BCUT2D eigenvalue weighted by Crippen LogP contribution is -2.40. The van der Waals surface area contributed by atoms with Crippen LogP contribution in [0.1, 0.15) is 12.8 Å². The molecule has 0 aromatic rings. The Morgan fingerprint density at radius 2 is 2.27 bits per heavy atom. The van der Waals surface area contributed by atoms with Gasteiger partial charge in [0.2, 0.25) is 0 Å². The molecule has 1 fully saturated rings.